The van der Waals surface area contributed by atoms with Crippen LogP contribution < -0.4 is 0 Å². The summed E-state index contributed by atoms with van der Waals surface area (Å²) >= 11 is 1.72. The van der Waals surface area contributed by atoms with Crippen molar-refractivity contribution in [3.05, 3.63) is 35.4 Å². The van der Waals surface area contributed by atoms with Crippen LogP contribution in [0.5, 0.6) is 0 Å². The molecule has 1 aromatic rings. The van der Waals surface area contributed by atoms with E-state index < -0.39 is 0 Å². The highest BCUT2D eigenvalue weighted by atomic mass is 32.2. The maximum atomic E-state index is 12.2. The third-order valence-electron chi connectivity index (χ3n) is 4.06. The summed E-state index contributed by atoms with van der Waals surface area (Å²) in [5.74, 6) is 1.98. The van der Waals surface area contributed by atoms with E-state index in [9.17, 15) is 4.79 Å². The van der Waals surface area contributed by atoms with E-state index >= 15 is 0 Å². The van der Waals surface area contributed by atoms with Crippen LogP contribution in [0.3, 0.4) is 0 Å². The molecule has 2 heteroatoms. The van der Waals surface area contributed by atoms with E-state index in [1.54, 1.807) is 11.8 Å². The smallest absolute Gasteiger partial charge is 0.175 e. The number of hydrogen-bond donors (Lipinski definition) is 0. The second-order valence-corrected chi connectivity index (χ2v) is 7.04. The van der Waals surface area contributed by atoms with Crippen molar-refractivity contribution in [2.45, 2.75) is 57.1 Å². The molecule has 1 aliphatic rings. The maximum Gasteiger partial charge on any atom is 0.175 e. The first kappa shape index (κ1) is 14.6. The van der Waals surface area contributed by atoms with Crippen molar-refractivity contribution in [3.8, 4) is 0 Å². The number of thioether (sulfide) groups is 1. The van der Waals surface area contributed by atoms with E-state index in [1.165, 1.54) is 37.7 Å². The summed E-state index contributed by atoms with van der Waals surface area (Å²) in [6.07, 6.45) is 6.73. The Balaban J connectivity index is 2.03. The molecule has 0 saturated heterocycles. The number of carbonyl (C=O) groups is 1. The molecule has 1 nitrogen and oxygen atoms in total. The van der Waals surface area contributed by atoms with Crippen LogP contribution in [0.15, 0.2) is 24.3 Å². The van der Waals surface area contributed by atoms with Gasteiger partial charge >= 0.3 is 0 Å². The van der Waals surface area contributed by atoms with E-state index in [0.717, 1.165) is 17.2 Å². The predicted molar refractivity (Wildman–Crippen MR) is 84.2 cm³/mol. The Bertz CT molecular complexity index is 404. The standard InChI is InChI=1S/C17H24OS/c1-3-19-13(2)17(18)16-11-9-15(10-12-16)14-7-5-4-6-8-14/h9-14H,3-8H2,1-2H3. The summed E-state index contributed by atoms with van der Waals surface area (Å²) in [4.78, 5) is 12.2. The molecule has 1 atom stereocenters. The van der Waals surface area contributed by atoms with Gasteiger partial charge in [-0.15, -0.1) is 0 Å². The molecule has 0 heterocycles. The lowest BCUT2D eigenvalue weighted by Gasteiger charge is -2.22. The lowest BCUT2D eigenvalue weighted by molar-refractivity contribution is 0.0994. The third-order valence-corrected chi connectivity index (χ3v) is 5.11. The topological polar surface area (TPSA) is 17.1 Å². The minimum Gasteiger partial charge on any atom is -0.293 e. The van der Waals surface area contributed by atoms with E-state index in [4.69, 9.17) is 0 Å². The van der Waals surface area contributed by atoms with Crippen molar-refractivity contribution in [2.24, 2.45) is 0 Å². The van der Waals surface area contributed by atoms with Crippen molar-refractivity contribution < 1.29 is 4.79 Å². The minimum absolute atomic E-state index is 0.0746. The molecule has 0 spiro atoms. The zero-order chi connectivity index (χ0) is 13.7. The number of Topliss-reactive ketones (excluding diaryl/α,β-unsaturated/α-hetero) is 1. The van der Waals surface area contributed by atoms with Gasteiger partial charge in [-0.1, -0.05) is 50.5 Å². The van der Waals surface area contributed by atoms with Gasteiger partial charge < -0.3 is 0 Å². The molecule has 19 heavy (non-hydrogen) atoms. The van der Waals surface area contributed by atoms with Gasteiger partial charge in [0.25, 0.3) is 0 Å². The van der Waals surface area contributed by atoms with E-state index in [0.29, 0.717) is 0 Å². The molecule has 1 saturated carbocycles. The molecule has 0 aromatic heterocycles. The monoisotopic (exact) mass is 276 g/mol. The summed E-state index contributed by atoms with van der Waals surface area (Å²) in [5, 5.41) is 0.0746. The first-order valence-electron chi connectivity index (χ1n) is 7.48. The molecule has 0 amide bonds. The average Bonchev–Trinajstić information content (AvgIpc) is 2.48. The summed E-state index contributed by atoms with van der Waals surface area (Å²) in [6, 6.07) is 8.40. The molecule has 2 rings (SSSR count). The fourth-order valence-electron chi connectivity index (χ4n) is 2.92. The average molecular weight is 276 g/mol. The van der Waals surface area contributed by atoms with Crippen LogP contribution in [0.1, 0.15) is 67.8 Å². The lowest BCUT2D eigenvalue weighted by atomic mass is 9.84. The summed E-state index contributed by atoms with van der Waals surface area (Å²) < 4.78 is 0. The summed E-state index contributed by atoms with van der Waals surface area (Å²) in [5.41, 5.74) is 2.29. The van der Waals surface area contributed by atoms with Crippen LogP contribution >= 0.6 is 11.8 Å². The van der Waals surface area contributed by atoms with Crippen LogP contribution in [-0.2, 0) is 0 Å². The van der Waals surface area contributed by atoms with Crippen LogP contribution in [0.2, 0.25) is 0 Å². The molecule has 0 N–H and O–H groups in total. The van der Waals surface area contributed by atoms with Crippen LogP contribution in [0.4, 0.5) is 0 Å². The zero-order valence-electron chi connectivity index (χ0n) is 12.0. The Kier molecular flexibility index (Phi) is 5.50. The fraction of sp³-hybridized carbons (Fsp3) is 0.588. The predicted octanol–water partition coefficient (Wildman–Crippen LogP) is 5.06. The van der Waals surface area contributed by atoms with E-state index in [1.807, 2.05) is 19.1 Å². The Morgan fingerprint density at radius 3 is 2.42 bits per heavy atom. The molecule has 0 bridgehead atoms. The van der Waals surface area contributed by atoms with Gasteiger partial charge in [0, 0.05) is 5.56 Å². The Morgan fingerprint density at radius 2 is 1.84 bits per heavy atom. The number of rotatable bonds is 5. The van der Waals surface area contributed by atoms with Crippen molar-refractivity contribution in [1.82, 2.24) is 0 Å². The van der Waals surface area contributed by atoms with Gasteiger partial charge in [-0.3, -0.25) is 4.79 Å². The van der Waals surface area contributed by atoms with Gasteiger partial charge in [-0.25, -0.2) is 0 Å². The van der Waals surface area contributed by atoms with Crippen molar-refractivity contribution in [2.75, 3.05) is 5.75 Å². The maximum absolute atomic E-state index is 12.2. The first-order chi connectivity index (χ1) is 9.22. The second kappa shape index (κ2) is 7.14. The summed E-state index contributed by atoms with van der Waals surface area (Å²) in [7, 11) is 0. The van der Waals surface area contributed by atoms with Gasteiger partial charge in [0.05, 0.1) is 5.25 Å². The zero-order valence-corrected chi connectivity index (χ0v) is 12.8. The lowest BCUT2D eigenvalue weighted by Crippen LogP contribution is -2.14. The SMILES string of the molecule is CCSC(C)C(=O)c1ccc(C2CCCCC2)cc1. The van der Waals surface area contributed by atoms with E-state index in [-0.39, 0.29) is 11.0 Å². The van der Waals surface area contributed by atoms with Crippen molar-refractivity contribution in [3.63, 3.8) is 0 Å². The first-order valence-corrected chi connectivity index (χ1v) is 8.53. The highest BCUT2D eigenvalue weighted by Gasteiger charge is 2.17. The third kappa shape index (κ3) is 3.85. The van der Waals surface area contributed by atoms with Gasteiger partial charge in [-0.2, -0.15) is 11.8 Å². The molecule has 104 valence electrons. The number of ketones is 1. The molecule has 1 unspecified atom stereocenters. The Morgan fingerprint density at radius 1 is 1.21 bits per heavy atom. The Labute approximate surface area is 121 Å². The molecule has 1 fully saturated rings. The second-order valence-electron chi connectivity index (χ2n) is 5.42. The number of carbonyl (C=O) groups excluding carboxylic acids is 1. The van der Waals surface area contributed by atoms with Crippen LogP contribution in [-0.4, -0.2) is 16.8 Å². The van der Waals surface area contributed by atoms with Crippen molar-refractivity contribution in [1.29, 1.82) is 0 Å². The van der Waals surface area contributed by atoms with Crippen molar-refractivity contribution >= 4 is 17.5 Å². The highest BCUT2D eigenvalue weighted by Crippen LogP contribution is 2.32. The molecular formula is C17H24OS. The molecule has 0 aliphatic heterocycles. The van der Waals surface area contributed by atoms with E-state index in [2.05, 4.69) is 19.1 Å². The quantitative estimate of drug-likeness (QED) is 0.699. The molecule has 1 aromatic carbocycles. The number of benzene rings is 1. The minimum atomic E-state index is 0.0746. The Hall–Kier alpha value is -0.760. The largest absolute Gasteiger partial charge is 0.293 e. The molecular weight excluding hydrogens is 252 g/mol. The van der Waals surface area contributed by atoms with Gasteiger partial charge in [-0.05, 0) is 37.0 Å². The molecule has 1 aliphatic carbocycles. The number of hydrogen-bond acceptors (Lipinski definition) is 2. The highest BCUT2D eigenvalue weighted by molar-refractivity contribution is 8.00. The van der Waals surface area contributed by atoms with Crippen LogP contribution in [0, 0.1) is 0 Å². The van der Waals surface area contributed by atoms with Crippen LogP contribution in [0.25, 0.3) is 0 Å². The van der Waals surface area contributed by atoms with Gasteiger partial charge in [0.2, 0.25) is 0 Å². The normalized spacial score (nSPS) is 18.2. The fourth-order valence-corrected chi connectivity index (χ4v) is 3.70. The molecule has 0 radical (unpaired) electrons. The summed E-state index contributed by atoms with van der Waals surface area (Å²) in [6.45, 7) is 4.10. The van der Waals surface area contributed by atoms with Gasteiger partial charge in [0.1, 0.15) is 0 Å². The van der Waals surface area contributed by atoms with Gasteiger partial charge in [0.15, 0.2) is 5.78 Å².